The number of amides is 1. The Labute approximate surface area is 164 Å². The zero-order valence-electron chi connectivity index (χ0n) is 16.6. The van der Waals surface area contributed by atoms with Crippen molar-refractivity contribution in [3.63, 3.8) is 0 Å². The zero-order valence-corrected chi connectivity index (χ0v) is 16.6. The van der Waals surface area contributed by atoms with E-state index in [1.165, 1.54) is 6.07 Å². The Morgan fingerprint density at radius 3 is 2.25 bits per heavy atom. The molecule has 3 rings (SSSR count). The summed E-state index contributed by atoms with van der Waals surface area (Å²) in [7, 11) is 0. The van der Waals surface area contributed by atoms with Crippen LogP contribution < -0.4 is 4.74 Å². The van der Waals surface area contributed by atoms with Crippen LogP contribution in [0.25, 0.3) is 11.1 Å². The Hall–Kier alpha value is -3.02. The highest BCUT2D eigenvalue weighted by molar-refractivity contribution is 5.90. The molecule has 6 heteroatoms. The van der Waals surface area contributed by atoms with Gasteiger partial charge in [-0.1, -0.05) is 29.8 Å². The molecule has 1 saturated heterocycles. The molecule has 0 aliphatic carbocycles. The molecule has 0 radical (unpaired) electrons. The number of ether oxygens (including phenoxy) is 2. The summed E-state index contributed by atoms with van der Waals surface area (Å²) in [6.45, 7) is 8.28. The summed E-state index contributed by atoms with van der Waals surface area (Å²) in [6.07, 6.45) is -0.561. The maximum atomic E-state index is 12.0. The number of likely N-dealkylation sites (tertiary alicyclic amines) is 1. The van der Waals surface area contributed by atoms with E-state index in [1.807, 2.05) is 58.0 Å². The van der Waals surface area contributed by atoms with Gasteiger partial charge in [-0.2, -0.15) is 0 Å². The normalized spacial score (nSPS) is 14.4. The Bertz CT molecular complexity index is 877. The first-order chi connectivity index (χ1) is 13.1. The number of aromatic carboxylic acids is 1. The van der Waals surface area contributed by atoms with Gasteiger partial charge >= 0.3 is 12.1 Å². The van der Waals surface area contributed by atoms with E-state index in [-0.39, 0.29) is 17.8 Å². The third-order valence-corrected chi connectivity index (χ3v) is 4.34. The largest absolute Gasteiger partial charge is 0.487 e. The highest BCUT2D eigenvalue weighted by Gasteiger charge is 2.35. The van der Waals surface area contributed by atoms with Gasteiger partial charge < -0.3 is 19.5 Å². The summed E-state index contributed by atoms with van der Waals surface area (Å²) in [5.41, 5.74) is 2.45. The van der Waals surface area contributed by atoms with Crippen molar-refractivity contribution in [1.29, 1.82) is 0 Å². The van der Waals surface area contributed by atoms with Crippen molar-refractivity contribution < 1.29 is 24.2 Å². The van der Waals surface area contributed by atoms with Crippen LogP contribution >= 0.6 is 0 Å². The fraction of sp³-hybridized carbons (Fsp3) is 0.364. The zero-order chi connectivity index (χ0) is 20.5. The molecule has 1 aliphatic heterocycles. The van der Waals surface area contributed by atoms with Gasteiger partial charge in [-0.05, 0) is 57.0 Å². The van der Waals surface area contributed by atoms with Crippen LogP contribution in [0.1, 0.15) is 36.7 Å². The summed E-state index contributed by atoms with van der Waals surface area (Å²) >= 11 is 0. The number of aryl methyl sites for hydroxylation is 1. The van der Waals surface area contributed by atoms with Gasteiger partial charge in [0.15, 0.2) is 0 Å². The van der Waals surface area contributed by atoms with Gasteiger partial charge in [0.25, 0.3) is 0 Å². The van der Waals surface area contributed by atoms with Gasteiger partial charge in [-0.3, -0.25) is 0 Å². The topological polar surface area (TPSA) is 76.1 Å². The third kappa shape index (κ3) is 4.82. The lowest BCUT2D eigenvalue weighted by atomic mass is 10.0. The number of nitrogens with zero attached hydrogens (tertiary/aromatic N) is 1. The molecular formula is C22H25NO5. The lowest BCUT2D eigenvalue weighted by Crippen LogP contribution is -2.57. The predicted molar refractivity (Wildman–Crippen MR) is 106 cm³/mol. The van der Waals surface area contributed by atoms with E-state index in [0.717, 1.165) is 16.7 Å². The molecule has 0 atom stereocenters. The second-order valence-electron chi connectivity index (χ2n) is 8.04. The molecule has 1 amide bonds. The predicted octanol–water partition coefficient (Wildman–Crippen LogP) is 4.36. The molecule has 0 bridgehead atoms. The fourth-order valence-electron chi connectivity index (χ4n) is 2.88. The Balaban J connectivity index is 1.72. The summed E-state index contributed by atoms with van der Waals surface area (Å²) in [5, 5.41) is 9.43. The van der Waals surface area contributed by atoms with E-state index >= 15 is 0 Å². The Morgan fingerprint density at radius 2 is 1.68 bits per heavy atom. The van der Waals surface area contributed by atoms with E-state index < -0.39 is 11.6 Å². The molecule has 1 fully saturated rings. The number of carbonyl (C=O) groups is 2. The highest BCUT2D eigenvalue weighted by atomic mass is 16.6. The highest BCUT2D eigenvalue weighted by Crippen LogP contribution is 2.29. The Morgan fingerprint density at radius 1 is 1.04 bits per heavy atom. The van der Waals surface area contributed by atoms with Crippen molar-refractivity contribution in [3.05, 3.63) is 53.6 Å². The van der Waals surface area contributed by atoms with E-state index in [4.69, 9.17) is 9.47 Å². The summed E-state index contributed by atoms with van der Waals surface area (Å²) in [6, 6.07) is 12.8. The average Bonchev–Trinajstić information content (AvgIpc) is 2.56. The lowest BCUT2D eigenvalue weighted by molar-refractivity contribution is -0.0221. The number of carboxylic acid groups (broad SMARTS) is 1. The summed E-state index contributed by atoms with van der Waals surface area (Å²) in [4.78, 5) is 25.1. The first-order valence-electron chi connectivity index (χ1n) is 9.21. The van der Waals surface area contributed by atoms with Gasteiger partial charge in [0.05, 0.1) is 18.7 Å². The van der Waals surface area contributed by atoms with Gasteiger partial charge in [0.2, 0.25) is 0 Å². The van der Waals surface area contributed by atoms with Gasteiger partial charge in [-0.15, -0.1) is 0 Å². The van der Waals surface area contributed by atoms with Crippen LogP contribution in [-0.2, 0) is 4.74 Å². The van der Waals surface area contributed by atoms with Crippen molar-refractivity contribution in [2.45, 2.75) is 39.4 Å². The van der Waals surface area contributed by atoms with Gasteiger partial charge in [0, 0.05) is 0 Å². The van der Waals surface area contributed by atoms with Gasteiger partial charge in [-0.25, -0.2) is 9.59 Å². The lowest BCUT2D eigenvalue weighted by Gasteiger charge is -2.39. The molecule has 1 heterocycles. The second kappa shape index (κ2) is 7.54. The van der Waals surface area contributed by atoms with E-state index in [1.54, 1.807) is 11.0 Å². The van der Waals surface area contributed by atoms with Crippen LogP contribution in [0.4, 0.5) is 4.79 Å². The number of hydrogen-bond donors (Lipinski definition) is 1. The first kappa shape index (κ1) is 19.7. The smallest absolute Gasteiger partial charge is 0.410 e. The number of carboxylic acids is 1. The minimum absolute atomic E-state index is 0.163. The minimum atomic E-state index is -1.01. The number of rotatable bonds is 4. The first-order valence-corrected chi connectivity index (χ1v) is 9.21. The van der Waals surface area contributed by atoms with Crippen LogP contribution in [0.5, 0.6) is 5.75 Å². The fourth-order valence-corrected chi connectivity index (χ4v) is 2.88. The number of hydrogen-bond acceptors (Lipinski definition) is 4. The standard InChI is InChI=1S/C22H25NO5/c1-14-5-7-15(8-6-14)16-9-17(20(24)25)11-18(10-16)27-19-12-23(13-19)21(26)28-22(2,3)4/h5-11,19H,12-13H2,1-4H3,(H,24,25). The second-order valence-corrected chi connectivity index (χ2v) is 8.04. The van der Waals surface area contributed by atoms with Crippen molar-refractivity contribution in [2.24, 2.45) is 0 Å². The van der Waals surface area contributed by atoms with Crippen molar-refractivity contribution in [2.75, 3.05) is 13.1 Å². The third-order valence-electron chi connectivity index (χ3n) is 4.34. The SMILES string of the molecule is Cc1ccc(-c2cc(OC3CN(C(=O)OC(C)(C)C)C3)cc(C(=O)O)c2)cc1. The molecule has 0 spiro atoms. The molecular weight excluding hydrogens is 358 g/mol. The quantitative estimate of drug-likeness (QED) is 0.849. The molecule has 0 aromatic heterocycles. The molecule has 0 unspecified atom stereocenters. The maximum absolute atomic E-state index is 12.0. The van der Waals surface area contributed by atoms with E-state index in [2.05, 4.69) is 0 Å². The van der Waals surface area contributed by atoms with Crippen LogP contribution in [-0.4, -0.2) is 46.9 Å². The minimum Gasteiger partial charge on any atom is -0.487 e. The van der Waals surface area contributed by atoms with E-state index in [0.29, 0.717) is 18.8 Å². The summed E-state index contributed by atoms with van der Waals surface area (Å²) in [5.74, 6) is -0.535. The van der Waals surface area contributed by atoms with Crippen LogP contribution in [0.3, 0.4) is 0 Å². The molecule has 148 valence electrons. The molecule has 1 N–H and O–H groups in total. The summed E-state index contributed by atoms with van der Waals surface area (Å²) < 4.78 is 11.3. The van der Waals surface area contributed by atoms with Crippen LogP contribution in [0.15, 0.2) is 42.5 Å². The molecule has 2 aromatic carbocycles. The average molecular weight is 383 g/mol. The molecule has 28 heavy (non-hydrogen) atoms. The molecule has 2 aromatic rings. The molecule has 6 nitrogen and oxygen atoms in total. The van der Waals surface area contributed by atoms with Crippen molar-refractivity contribution in [3.8, 4) is 16.9 Å². The van der Waals surface area contributed by atoms with E-state index in [9.17, 15) is 14.7 Å². The van der Waals surface area contributed by atoms with Crippen molar-refractivity contribution >= 4 is 12.1 Å². The maximum Gasteiger partial charge on any atom is 0.410 e. The van der Waals surface area contributed by atoms with Crippen molar-refractivity contribution in [1.82, 2.24) is 4.90 Å². The molecule has 0 saturated carbocycles. The van der Waals surface area contributed by atoms with Crippen LogP contribution in [0.2, 0.25) is 0 Å². The van der Waals surface area contributed by atoms with Gasteiger partial charge in [0.1, 0.15) is 17.5 Å². The Kier molecular flexibility index (Phi) is 5.31. The number of benzene rings is 2. The monoisotopic (exact) mass is 383 g/mol. The van der Waals surface area contributed by atoms with Crippen LogP contribution in [0, 0.1) is 6.92 Å². The molecule has 1 aliphatic rings. The number of carbonyl (C=O) groups excluding carboxylic acids is 1.